The summed E-state index contributed by atoms with van der Waals surface area (Å²) in [5.74, 6) is 0.637. The van der Waals surface area contributed by atoms with Crippen LogP contribution in [0.3, 0.4) is 0 Å². The van der Waals surface area contributed by atoms with Crippen LogP contribution in [0.5, 0.6) is 0 Å². The van der Waals surface area contributed by atoms with Crippen LogP contribution in [0.2, 0.25) is 0 Å². The third kappa shape index (κ3) is 2.47. The van der Waals surface area contributed by atoms with Gasteiger partial charge >= 0.3 is 0 Å². The average molecular weight is 315 g/mol. The third-order valence-electron chi connectivity index (χ3n) is 4.96. The summed E-state index contributed by atoms with van der Waals surface area (Å²) in [5.41, 5.74) is 3.47. The van der Waals surface area contributed by atoms with Crippen molar-refractivity contribution in [2.75, 3.05) is 13.1 Å². The standard InChI is InChI=1S/C17H21N3OS/c21-17(14-11-22-16-6-2-1-5-13(14)16)20-9-3-4-12(10-20)15-7-8-18-19-15/h7-8,11-12H,1-6,9-10H2,(H,18,19). The summed E-state index contributed by atoms with van der Waals surface area (Å²) in [6, 6.07) is 2.03. The molecule has 2 aromatic rings. The number of carbonyl (C=O) groups is 1. The molecule has 2 aliphatic rings. The van der Waals surface area contributed by atoms with Crippen molar-refractivity contribution >= 4 is 17.2 Å². The molecule has 1 saturated heterocycles. The van der Waals surface area contributed by atoms with Gasteiger partial charge in [-0.25, -0.2) is 0 Å². The van der Waals surface area contributed by atoms with Crippen LogP contribution in [0, 0.1) is 0 Å². The van der Waals surface area contributed by atoms with Crippen LogP contribution in [-0.4, -0.2) is 34.1 Å². The molecule has 22 heavy (non-hydrogen) atoms. The fraction of sp³-hybridized carbons (Fsp3) is 0.529. The molecule has 2 aromatic heterocycles. The molecule has 1 aliphatic heterocycles. The number of rotatable bonds is 2. The molecule has 4 rings (SSSR count). The number of aryl methyl sites for hydroxylation is 1. The molecule has 1 fully saturated rings. The highest BCUT2D eigenvalue weighted by molar-refractivity contribution is 7.10. The van der Waals surface area contributed by atoms with E-state index in [1.165, 1.54) is 23.3 Å². The van der Waals surface area contributed by atoms with Gasteiger partial charge < -0.3 is 4.90 Å². The van der Waals surface area contributed by atoms with Crippen molar-refractivity contribution in [3.05, 3.63) is 39.3 Å². The molecule has 4 nitrogen and oxygen atoms in total. The number of H-pyrrole nitrogens is 1. The number of aromatic amines is 1. The van der Waals surface area contributed by atoms with E-state index in [0.717, 1.165) is 50.0 Å². The van der Waals surface area contributed by atoms with E-state index < -0.39 is 0 Å². The van der Waals surface area contributed by atoms with Crippen molar-refractivity contribution < 1.29 is 4.79 Å². The quantitative estimate of drug-likeness (QED) is 0.923. The Bertz CT molecular complexity index is 662. The molecule has 3 heterocycles. The highest BCUT2D eigenvalue weighted by atomic mass is 32.1. The van der Waals surface area contributed by atoms with Gasteiger partial charge in [-0.1, -0.05) is 0 Å². The molecule has 0 radical (unpaired) electrons. The number of piperidine rings is 1. The van der Waals surface area contributed by atoms with E-state index in [0.29, 0.717) is 5.92 Å². The molecule has 0 spiro atoms. The first kappa shape index (κ1) is 14.0. The Morgan fingerprint density at radius 1 is 1.32 bits per heavy atom. The summed E-state index contributed by atoms with van der Waals surface area (Å²) in [7, 11) is 0. The number of likely N-dealkylation sites (tertiary alicyclic amines) is 1. The number of nitrogens with one attached hydrogen (secondary N) is 1. The lowest BCUT2D eigenvalue weighted by atomic mass is 9.92. The van der Waals surface area contributed by atoms with Crippen LogP contribution >= 0.6 is 11.3 Å². The second-order valence-corrected chi connectivity index (χ2v) is 7.32. The Balaban J connectivity index is 1.54. The van der Waals surface area contributed by atoms with Gasteiger partial charge in [-0.05, 0) is 50.2 Å². The Morgan fingerprint density at radius 2 is 2.23 bits per heavy atom. The number of carbonyl (C=O) groups excluding carboxylic acids is 1. The van der Waals surface area contributed by atoms with Gasteiger partial charge in [0.15, 0.2) is 0 Å². The maximum Gasteiger partial charge on any atom is 0.255 e. The second-order valence-electron chi connectivity index (χ2n) is 6.36. The van der Waals surface area contributed by atoms with Gasteiger partial charge in [0.1, 0.15) is 0 Å². The zero-order chi connectivity index (χ0) is 14.9. The number of aromatic nitrogens is 2. The van der Waals surface area contributed by atoms with E-state index >= 15 is 0 Å². The molecule has 0 saturated carbocycles. The Morgan fingerprint density at radius 3 is 3.09 bits per heavy atom. The molecule has 1 atom stereocenters. The zero-order valence-electron chi connectivity index (χ0n) is 12.7. The molecule has 0 bridgehead atoms. The first-order valence-corrected chi connectivity index (χ1v) is 9.08. The minimum absolute atomic E-state index is 0.239. The van der Waals surface area contributed by atoms with Gasteiger partial charge in [0, 0.05) is 41.2 Å². The van der Waals surface area contributed by atoms with Crippen LogP contribution < -0.4 is 0 Å². The maximum absolute atomic E-state index is 13.0. The summed E-state index contributed by atoms with van der Waals surface area (Å²) in [6.07, 6.45) is 8.73. The number of hydrogen-bond donors (Lipinski definition) is 1. The number of nitrogens with zero attached hydrogens (tertiary/aromatic N) is 2. The van der Waals surface area contributed by atoms with Crippen LogP contribution in [0.1, 0.15) is 58.1 Å². The number of thiophene rings is 1. The normalized spacial score (nSPS) is 21.6. The Kier molecular flexibility index (Phi) is 3.74. The number of fused-ring (bicyclic) bond motifs is 1. The SMILES string of the molecule is O=C(c1csc2c1CCCC2)N1CCCC(c2ccn[nH]2)C1. The average Bonchev–Trinajstić information content (AvgIpc) is 3.24. The van der Waals surface area contributed by atoms with Gasteiger partial charge in [-0.2, -0.15) is 5.10 Å². The molecule has 1 amide bonds. The van der Waals surface area contributed by atoms with Gasteiger partial charge in [0.2, 0.25) is 0 Å². The first-order chi connectivity index (χ1) is 10.8. The van der Waals surface area contributed by atoms with Crippen LogP contribution in [0.4, 0.5) is 0 Å². The van der Waals surface area contributed by atoms with Gasteiger partial charge in [-0.3, -0.25) is 9.89 Å². The van der Waals surface area contributed by atoms with E-state index in [4.69, 9.17) is 0 Å². The van der Waals surface area contributed by atoms with Crippen molar-refractivity contribution in [3.63, 3.8) is 0 Å². The third-order valence-corrected chi connectivity index (χ3v) is 6.05. The van der Waals surface area contributed by atoms with Gasteiger partial charge in [0.05, 0.1) is 5.56 Å². The molecular formula is C17H21N3OS. The summed E-state index contributed by atoms with van der Waals surface area (Å²) in [5, 5.41) is 9.21. The summed E-state index contributed by atoms with van der Waals surface area (Å²) in [6.45, 7) is 1.69. The monoisotopic (exact) mass is 315 g/mol. The van der Waals surface area contributed by atoms with Crippen molar-refractivity contribution in [1.29, 1.82) is 0 Å². The minimum atomic E-state index is 0.239. The predicted octanol–water partition coefficient (Wildman–Crippen LogP) is 3.37. The molecule has 5 heteroatoms. The molecule has 1 unspecified atom stereocenters. The number of amides is 1. The minimum Gasteiger partial charge on any atom is -0.338 e. The molecule has 1 N–H and O–H groups in total. The molecule has 116 valence electrons. The van der Waals surface area contributed by atoms with Gasteiger partial charge in [-0.15, -0.1) is 11.3 Å². The van der Waals surface area contributed by atoms with E-state index in [9.17, 15) is 4.79 Å². The lowest BCUT2D eigenvalue weighted by Crippen LogP contribution is -2.39. The van der Waals surface area contributed by atoms with E-state index in [-0.39, 0.29) is 5.91 Å². The highest BCUT2D eigenvalue weighted by Crippen LogP contribution is 2.32. The van der Waals surface area contributed by atoms with Crippen molar-refractivity contribution in [2.24, 2.45) is 0 Å². The number of hydrogen-bond acceptors (Lipinski definition) is 3. The lowest BCUT2D eigenvalue weighted by Gasteiger charge is -2.32. The molecular weight excluding hydrogens is 294 g/mol. The van der Waals surface area contributed by atoms with Crippen molar-refractivity contribution in [2.45, 2.75) is 44.4 Å². The van der Waals surface area contributed by atoms with Gasteiger partial charge in [0.25, 0.3) is 5.91 Å². The van der Waals surface area contributed by atoms with Crippen LogP contribution in [0.25, 0.3) is 0 Å². The maximum atomic E-state index is 13.0. The van der Waals surface area contributed by atoms with Crippen molar-refractivity contribution in [3.8, 4) is 0 Å². The summed E-state index contributed by atoms with van der Waals surface area (Å²) in [4.78, 5) is 16.4. The smallest absolute Gasteiger partial charge is 0.255 e. The topological polar surface area (TPSA) is 49.0 Å². The predicted molar refractivity (Wildman–Crippen MR) is 87.4 cm³/mol. The first-order valence-electron chi connectivity index (χ1n) is 8.20. The van der Waals surface area contributed by atoms with Crippen molar-refractivity contribution in [1.82, 2.24) is 15.1 Å². The Hall–Kier alpha value is -1.62. The van der Waals surface area contributed by atoms with E-state index in [2.05, 4.69) is 15.6 Å². The largest absolute Gasteiger partial charge is 0.338 e. The molecule has 1 aliphatic carbocycles. The van der Waals surface area contributed by atoms with E-state index in [1.807, 2.05) is 11.0 Å². The molecule has 0 aromatic carbocycles. The summed E-state index contributed by atoms with van der Waals surface area (Å²) < 4.78 is 0. The summed E-state index contributed by atoms with van der Waals surface area (Å²) >= 11 is 1.78. The lowest BCUT2D eigenvalue weighted by molar-refractivity contribution is 0.0705. The van der Waals surface area contributed by atoms with Crippen LogP contribution in [-0.2, 0) is 12.8 Å². The highest BCUT2D eigenvalue weighted by Gasteiger charge is 2.29. The second kappa shape index (κ2) is 5.88. The fourth-order valence-electron chi connectivity index (χ4n) is 3.75. The fourth-order valence-corrected chi connectivity index (χ4v) is 4.87. The van der Waals surface area contributed by atoms with Crippen LogP contribution in [0.15, 0.2) is 17.6 Å². The Labute approximate surface area is 134 Å². The zero-order valence-corrected chi connectivity index (χ0v) is 13.5. The van der Waals surface area contributed by atoms with E-state index in [1.54, 1.807) is 17.5 Å².